The first-order chi connectivity index (χ1) is 7.00. The van der Waals surface area contributed by atoms with Crippen molar-refractivity contribution in [1.82, 2.24) is 0 Å². The van der Waals surface area contributed by atoms with Gasteiger partial charge in [0.05, 0.1) is 27.7 Å². The highest BCUT2D eigenvalue weighted by atomic mass is 16.4. The summed E-state index contributed by atoms with van der Waals surface area (Å²) in [6.45, 7) is 8.36. The summed E-state index contributed by atoms with van der Waals surface area (Å²) in [6.07, 6.45) is 4.09. The fourth-order valence-corrected chi connectivity index (χ4v) is 0.836. The molecule has 0 aromatic carbocycles. The standard InChI is InChI=1S/C8H20N.C5H10O2/c1-5-6-7-8-9(2,3)4;1-5(2,3)4(6)7/h5-8H2,1-4H3;1-3H3,(H,6,7)/q+1;/p-1. The minimum Gasteiger partial charge on any atom is -0.550 e. The first-order valence-corrected chi connectivity index (χ1v) is 6.02. The smallest absolute Gasteiger partial charge is 0.0780 e. The zero-order valence-corrected chi connectivity index (χ0v) is 12.1. The second kappa shape index (κ2) is 7.66. The van der Waals surface area contributed by atoms with Crippen molar-refractivity contribution in [2.45, 2.75) is 47.0 Å². The van der Waals surface area contributed by atoms with E-state index >= 15 is 0 Å². The van der Waals surface area contributed by atoms with Gasteiger partial charge in [0.2, 0.25) is 0 Å². The Labute approximate surface area is 101 Å². The average Bonchev–Trinajstić information content (AvgIpc) is 2.01. The number of quaternary nitrogens is 1. The third kappa shape index (κ3) is 15.9. The maximum absolute atomic E-state index is 9.91. The highest BCUT2D eigenvalue weighted by Gasteiger charge is 2.09. The fraction of sp³-hybridized carbons (Fsp3) is 0.923. The van der Waals surface area contributed by atoms with Crippen molar-refractivity contribution in [1.29, 1.82) is 0 Å². The summed E-state index contributed by atoms with van der Waals surface area (Å²) in [6, 6.07) is 0. The molecule has 0 aromatic rings. The van der Waals surface area contributed by atoms with Crippen LogP contribution in [0.3, 0.4) is 0 Å². The zero-order valence-electron chi connectivity index (χ0n) is 12.1. The minimum absolute atomic E-state index is 0.694. The number of carboxylic acids is 1. The predicted octanol–water partition coefficient (Wildman–Crippen LogP) is 1.67. The van der Waals surface area contributed by atoms with Crippen molar-refractivity contribution in [3.05, 3.63) is 0 Å². The van der Waals surface area contributed by atoms with Crippen LogP contribution in [0.15, 0.2) is 0 Å². The van der Waals surface area contributed by atoms with Crippen LogP contribution in [-0.4, -0.2) is 38.1 Å². The summed E-state index contributed by atoms with van der Waals surface area (Å²) < 4.78 is 1.11. The molecule has 98 valence electrons. The van der Waals surface area contributed by atoms with Gasteiger partial charge in [0.25, 0.3) is 0 Å². The van der Waals surface area contributed by atoms with Crippen LogP contribution < -0.4 is 5.11 Å². The summed E-state index contributed by atoms with van der Waals surface area (Å²) in [7, 11) is 6.74. The predicted molar refractivity (Wildman–Crippen MR) is 66.9 cm³/mol. The Kier molecular flexibility index (Phi) is 8.53. The van der Waals surface area contributed by atoms with E-state index in [1.54, 1.807) is 20.8 Å². The lowest BCUT2D eigenvalue weighted by molar-refractivity contribution is -0.870. The van der Waals surface area contributed by atoms with Crippen molar-refractivity contribution in [2.24, 2.45) is 5.41 Å². The van der Waals surface area contributed by atoms with E-state index in [4.69, 9.17) is 0 Å². The molecule has 3 heteroatoms. The van der Waals surface area contributed by atoms with Crippen LogP contribution in [0.2, 0.25) is 0 Å². The number of nitrogens with zero attached hydrogens (tertiary/aromatic N) is 1. The van der Waals surface area contributed by atoms with E-state index in [-0.39, 0.29) is 0 Å². The van der Waals surface area contributed by atoms with Crippen LogP contribution in [-0.2, 0) is 4.79 Å². The summed E-state index contributed by atoms with van der Waals surface area (Å²) in [4.78, 5) is 9.91. The lowest BCUT2D eigenvalue weighted by Crippen LogP contribution is -2.35. The highest BCUT2D eigenvalue weighted by molar-refractivity contribution is 5.70. The van der Waals surface area contributed by atoms with Crippen LogP contribution in [0.1, 0.15) is 47.0 Å². The Balaban J connectivity index is 0. The quantitative estimate of drug-likeness (QED) is 0.545. The van der Waals surface area contributed by atoms with Crippen molar-refractivity contribution in [3.8, 4) is 0 Å². The van der Waals surface area contributed by atoms with E-state index < -0.39 is 11.4 Å². The Morgan fingerprint density at radius 3 is 1.69 bits per heavy atom. The first kappa shape index (κ1) is 17.8. The molecule has 0 bridgehead atoms. The summed E-state index contributed by atoms with van der Waals surface area (Å²) in [5, 5.41) is 9.91. The molecule has 0 amide bonds. The third-order valence-electron chi connectivity index (χ3n) is 2.04. The van der Waals surface area contributed by atoms with Gasteiger partial charge in [-0.3, -0.25) is 0 Å². The number of hydrogen-bond acceptors (Lipinski definition) is 2. The number of hydrogen-bond donors (Lipinski definition) is 0. The first-order valence-electron chi connectivity index (χ1n) is 6.02. The molecule has 0 aliphatic carbocycles. The molecule has 0 fully saturated rings. The fourth-order valence-electron chi connectivity index (χ4n) is 0.836. The topological polar surface area (TPSA) is 40.1 Å². The summed E-state index contributed by atoms with van der Waals surface area (Å²) in [5.41, 5.74) is -0.694. The van der Waals surface area contributed by atoms with Gasteiger partial charge >= 0.3 is 0 Å². The Morgan fingerprint density at radius 2 is 1.50 bits per heavy atom. The van der Waals surface area contributed by atoms with Gasteiger partial charge in [0.1, 0.15) is 0 Å². The SMILES string of the molecule is CC(C)(C)C(=O)[O-].CCCCC[N+](C)(C)C. The van der Waals surface area contributed by atoms with E-state index in [1.165, 1.54) is 25.8 Å². The zero-order chi connectivity index (χ0) is 13.4. The van der Waals surface area contributed by atoms with Gasteiger partial charge in [-0.1, -0.05) is 34.1 Å². The van der Waals surface area contributed by atoms with E-state index in [9.17, 15) is 9.90 Å². The number of unbranched alkanes of at least 4 members (excludes halogenated alkanes) is 2. The van der Waals surface area contributed by atoms with Crippen molar-refractivity contribution < 1.29 is 14.4 Å². The Bertz CT molecular complexity index is 187. The summed E-state index contributed by atoms with van der Waals surface area (Å²) >= 11 is 0. The summed E-state index contributed by atoms with van der Waals surface area (Å²) in [5.74, 6) is -1.01. The van der Waals surface area contributed by atoms with Gasteiger partial charge in [-0.05, 0) is 12.8 Å². The van der Waals surface area contributed by atoms with Crippen molar-refractivity contribution in [3.63, 3.8) is 0 Å². The third-order valence-corrected chi connectivity index (χ3v) is 2.04. The molecule has 0 heterocycles. The molecule has 16 heavy (non-hydrogen) atoms. The minimum atomic E-state index is -1.01. The largest absolute Gasteiger partial charge is 0.550 e. The number of carbonyl (C=O) groups is 1. The van der Waals surface area contributed by atoms with E-state index in [1.807, 2.05) is 0 Å². The maximum atomic E-state index is 9.91. The molecule has 0 saturated heterocycles. The maximum Gasteiger partial charge on any atom is 0.0780 e. The molecular formula is C13H29NO2. The molecule has 0 aliphatic rings. The van der Waals surface area contributed by atoms with Gasteiger partial charge in [-0.2, -0.15) is 0 Å². The second-order valence-electron chi connectivity index (χ2n) is 6.26. The van der Waals surface area contributed by atoms with Gasteiger partial charge < -0.3 is 14.4 Å². The van der Waals surface area contributed by atoms with Gasteiger partial charge in [-0.15, -0.1) is 0 Å². The number of aliphatic carboxylic acids is 1. The lowest BCUT2D eigenvalue weighted by atomic mass is 9.98. The molecule has 0 spiro atoms. The Hall–Kier alpha value is -0.570. The van der Waals surface area contributed by atoms with E-state index in [0.29, 0.717) is 0 Å². The Morgan fingerprint density at radius 1 is 1.12 bits per heavy atom. The van der Waals surface area contributed by atoms with Crippen LogP contribution in [0.4, 0.5) is 0 Å². The average molecular weight is 231 g/mol. The van der Waals surface area contributed by atoms with Crippen LogP contribution in [0.25, 0.3) is 0 Å². The van der Waals surface area contributed by atoms with E-state index in [0.717, 1.165) is 4.48 Å². The second-order valence-corrected chi connectivity index (χ2v) is 6.26. The van der Waals surface area contributed by atoms with Gasteiger partial charge in [0, 0.05) is 11.4 Å². The van der Waals surface area contributed by atoms with Crippen LogP contribution >= 0.6 is 0 Å². The number of carbonyl (C=O) groups excluding carboxylic acids is 1. The van der Waals surface area contributed by atoms with E-state index in [2.05, 4.69) is 28.1 Å². The molecule has 0 atom stereocenters. The molecular weight excluding hydrogens is 202 g/mol. The number of carboxylic acid groups (broad SMARTS) is 1. The van der Waals surface area contributed by atoms with Crippen molar-refractivity contribution >= 4 is 5.97 Å². The van der Waals surface area contributed by atoms with Gasteiger partial charge in [-0.25, -0.2) is 0 Å². The normalized spacial score (nSPS) is 11.7. The molecule has 0 radical (unpaired) electrons. The number of rotatable bonds is 4. The highest BCUT2D eigenvalue weighted by Crippen LogP contribution is 2.09. The van der Waals surface area contributed by atoms with Crippen LogP contribution in [0.5, 0.6) is 0 Å². The molecule has 0 rings (SSSR count). The van der Waals surface area contributed by atoms with Crippen molar-refractivity contribution in [2.75, 3.05) is 27.7 Å². The molecule has 0 N–H and O–H groups in total. The monoisotopic (exact) mass is 231 g/mol. The molecule has 0 saturated carbocycles. The molecule has 3 nitrogen and oxygen atoms in total. The van der Waals surface area contributed by atoms with Gasteiger partial charge in [0.15, 0.2) is 0 Å². The van der Waals surface area contributed by atoms with Crippen LogP contribution in [0, 0.1) is 5.41 Å². The molecule has 0 aliphatic heterocycles. The molecule has 0 unspecified atom stereocenters. The molecule has 0 aromatic heterocycles. The lowest BCUT2D eigenvalue weighted by Gasteiger charge is -2.23.